The molecule has 4 heteroatoms. The van der Waals surface area contributed by atoms with E-state index in [4.69, 9.17) is 4.98 Å². The van der Waals surface area contributed by atoms with Gasteiger partial charge in [-0.15, -0.1) is 35.9 Å². The fourth-order valence-corrected chi connectivity index (χ4v) is 11.8. The number of aryl methyl sites for hydroxylation is 2. The van der Waals surface area contributed by atoms with Gasteiger partial charge in [-0.05, 0) is 18.7 Å². The summed E-state index contributed by atoms with van der Waals surface area (Å²) in [4.78, 5) is 9.04. The Morgan fingerprint density at radius 1 is 0.722 bits per heavy atom. The van der Waals surface area contributed by atoms with Crippen molar-refractivity contribution >= 4 is 54.5 Å². The minimum absolute atomic E-state index is 0. The van der Waals surface area contributed by atoms with E-state index in [0.29, 0.717) is 0 Å². The third-order valence-electron chi connectivity index (χ3n) is 7.11. The Kier molecular flexibility index (Phi) is 6.59. The second-order valence-corrected chi connectivity index (χ2v) is 19.0. The van der Waals surface area contributed by atoms with Gasteiger partial charge >= 0.3 is 132 Å². The second-order valence-electron chi connectivity index (χ2n) is 9.90. The molecule has 0 bridgehead atoms. The Bertz CT molecular complexity index is 1740. The zero-order valence-electron chi connectivity index (χ0n) is 20.8. The minimum atomic E-state index is -2.18. The SMILES string of the molecule is Cc1ccnc(-c2[c-]cccc2)c1.Cc1cnc2c3[c-]cc[c]4c3c3[c](cccc3c2c1)[Ge]4([CH3])[CH3].[Ir]. The summed E-state index contributed by atoms with van der Waals surface area (Å²) in [6, 6.07) is 32.1. The topological polar surface area (TPSA) is 25.8 Å². The van der Waals surface area contributed by atoms with E-state index in [9.17, 15) is 0 Å². The summed E-state index contributed by atoms with van der Waals surface area (Å²) in [6.45, 7) is 4.18. The van der Waals surface area contributed by atoms with Crippen LogP contribution in [-0.4, -0.2) is 23.2 Å². The van der Waals surface area contributed by atoms with E-state index in [-0.39, 0.29) is 20.1 Å². The first-order valence-electron chi connectivity index (χ1n) is 12.0. The minimum Gasteiger partial charge on any atom is 0 e. The number of fused-ring (bicyclic) bond motifs is 3. The molecule has 0 fully saturated rings. The number of nitrogens with zero attached hydrogens (tertiary/aromatic N) is 2. The van der Waals surface area contributed by atoms with Crippen LogP contribution in [0, 0.1) is 26.0 Å². The summed E-state index contributed by atoms with van der Waals surface area (Å²) in [7, 11) is 0. The molecule has 4 aromatic carbocycles. The van der Waals surface area contributed by atoms with Crippen LogP contribution in [0.1, 0.15) is 11.1 Å². The van der Waals surface area contributed by atoms with Gasteiger partial charge in [-0.25, -0.2) is 0 Å². The number of benzene rings is 4. The van der Waals surface area contributed by atoms with Gasteiger partial charge in [-0.2, -0.15) is 0 Å². The van der Waals surface area contributed by atoms with Crippen LogP contribution in [0.15, 0.2) is 85.2 Å². The molecule has 0 N–H and O–H groups in total. The third kappa shape index (κ3) is 4.00. The van der Waals surface area contributed by atoms with Gasteiger partial charge in [0, 0.05) is 26.3 Å². The molecule has 2 nitrogen and oxygen atoms in total. The van der Waals surface area contributed by atoms with E-state index >= 15 is 0 Å². The molecule has 179 valence electrons. The smallest absolute Gasteiger partial charge is 0 e. The molecule has 0 atom stereocenters. The van der Waals surface area contributed by atoms with E-state index in [2.05, 4.69) is 84.9 Å². The van der Waals surface area contributed by atoms with E-state index in [0.717, 1.165) is 16.8 Å². The van der Waals surface area contributed by atoms with Gasteiger partial charge in [-0.3, -0.25) is 0 Å². The molecule has 2 aromatic heterocycles. The molecule has 0 saturated carbocycles. The maximum atomic E-state index is 4.76. The van der Waals surface area contributed by atoms with E-state index in [1.165, 1.54) is 38.1 Å². The van der Waals surface area contributed by atoms with Crippen LogP contribution < -0.4 is 8.79 Å². The number of hydrogen-bond donors (Lipinski definition) is 0. The molecule has 36 heavy (non-hydrogen) atoms. The van der Waals surface area contributed by atoms with Crippen LogP contribution >= 0.6 is 0 Å². The van der Waals surface area contributed by atoms with Crippen molar-refractivity contribution in [2.45, 2.75) is 25.4 Å². The molecule has 1 aliphatic rings. The van der Waals surface area contributed by atoms with E-state index in [1.807, 2.05) is 42.7 Å². The van der Waals surface area contributed by atoms with Crippen molar-refractivity contribution in [3.8, 4) is 11.3 Å². The quantitative estimate of drug-likeness (QED) is 0.109. The van der Waals surface area contributed by atoms with Gasteiger partial charge < -0.3 is 4.98 Å². The molecule has 0 spiro atoms. The summed E-state index contributed by atoms with van der Waals surface area (Å²) >= 11 is -2.18. The van der Waals surface area contributed by atoms with Crippen LogP contribution in [0.4, 0.5) is 0 Å². The largest absolute Gasteiger partial charge is 0 e. The van der Waals surface area contributed by atoms with Gasteiger partial charge in [0.05, 0.1) is 0 Å². The molecule has 7 rings (SSSR count). The van der Waals surface area contributed by atoms with Crippen LogP contribution in [0.5, 0.6) is 0 Å². The van der Waals surface area contributed by atoms with Gasteiger partial charge in [0.15, 0.2) is 0 Å². The molecule has 3 heterocycles. The monoisotopic (exact) mass is 705 g/mol. The Morgan fingerprint density at radius 2 is 1.56 bits per heavy atom. The van der Waals surface area contributed by atoms with Crippen LogP contribution in [0.2, 0.25) is 11.5 Å². The standard InChI is InChI=1S/C20H16GeN.C12H10N.Ir/c1-12-10-15-13-6-4-8-16-18(13)19-14(20(15)22-11-12)7-5-9-17(19)21(16,2)3;1-10-7-8-13-12(9-10)11-5-3-2-4-6-11;/h4-6,8-11H,1-3H3;2-5,7-9H,1H3;/q2*-1;. The molecule has 0 saturated heterocycles. The Hall–Kier alpha value is -2.85. The summed E-state index contributed by atoms with van der Waals surface area (Å²) in [5, 5.41) is 6.77. The first kappa shape index (κ1) is 24.8. The van der Waals surface area contributed by atoms with Crippen LogP contribution in [-0.2, 0) is 20.1 Å². The maximum absolute atomic E-state index is 4.76. The van der Waals surface area contributed by atoms with Crippen molar-refractivity contribution in [2.75, 3.05) is 0 Å². The molecule has 1 radical (unpaired) electrons. The fourth-order valence-electron chi connectivity index (χ4n) is 5.39. The van der Waals surface area contributed by atoms with Crippen molar-refractivity contribution in [3.63, 3.8) is 0 Å². The van der Waals surface area contributed by atoms with E-state index < -0.39 is 13.3 Å². The van der Waals surface area contributed by atoms with Gasteiger partial charge in [0.25, 0.3) is 0 Å². The normalized spacial score (nSPS) is 13.0. The van der Waals surface area contributed by atoms with Crippen molar-refractivity contribution < 1.29 is 20.1 Å². The predicted octanol–water partition coefficient (Wildman–Crippen LogP) is 6.64. The zero-order chi connectivity index (χ0) is 24.2. The molecule has 6 aromatic rings. The van der Waals surface area contributed by atoms with Crippen LogP contribution in [0.3, 0.4) is 0 Å². The first-order valence-corrected chi connectivity index (χ1v) is 18.3. The Labute approximate surface area is 228 Å². The van der Waals surface area contributed by atoms with Gasteiger partial charge in [0.2, 0.25) is 0 Å². The Morgan fingerprint density at radius 3 is 2.33 bits per heavy atom. The summed E-state index contributed by atoms with van der Waals surface area (Å²) in [5.41, 5.74) is 5.58. The first-order chi connectivity index (χ1) is 16.9. The van der Waals surface area contributed by atoms with Gasteiger partial charge in [-0.1, -0.05) is 11.6 Å². The number of aromatic nitrogens is 2. The Balaban J connectivity index is 0.000000164. The molecular weight excluding hydrogens is 677 g/mol. The predicted molar refractivity (Wildman–Crippen MR) is 150 cm³/mol. The maximum Gasteiger partial charge on any atom is 0 e. The molecule has 1 aliphatic heterocycles. The average molecular weight is 703 g/mol. The number of hydrogen-bond acceptors (Lipinski definition) is 2. The molecule has 0 aliphatic carbocycles. The third-order valence-corrected chi connectivity index (χ3v) is 14.5. The van der Waals surface area contributed by atoms with Crippen molar-refractivity contribution in [1.29, 1.82) is 0 Å². The average Bonchev–Trinajstić information content (AvgIpc) is 3.12. The summed E-state index contributed by atoms with van der Waals surface area (Å²) in [6.07, 6.45) is 3.80. The van der Waals surface area contributed by atoms with Crippen molar-refractivity contribution in [2.24, 2.45) is 0 Å². The molecule has 0 amide bonds. The van der Waals surface area contributed by atoms with Crippen molar-refractivity contribution in [3.05, 3.63) is 108 Å². The van der Waals surface area contributed by atoms with Crippen molar-refractivity contribution in [1.82, 2.24) is 9.97 Å². The summed E-state index contributed by atoms with van der Waals surface area (Å²) in [5.74, 6) is 5.01. The second kappa shape index (κ2) is 9.55. The zero-order valence-corrected chi connectivity index (χ0v) is 25.3. The molecular formula is C32H26GeIrN2-2. The molecule has 0 unspecified atom stereocenters. The fraction of sp³-hybridized carbons (Fsp3) is 0.125. The summed E-state index contributed by atoms with van der Waals surface area (Å²) < 4.78 is 3.20. The van der Waals surface area contributed by atoms with Gasteiger partial charge in [0.1, 0.15) is 0 Å². The number of pyridine rings is 2. The number of rotatable bonds is 1. The van der Waals surface area contributed by atoms with E-state index in [1.54, 1.807) is 8.79 Å². The van der Waals surface area contributed by atoms with Crippen LogP contribution in [0.25, 0.3) is 43.7 Å².